The average Bonchev–Trinajstić information content (AvgIpc) is 2.88. The van der Waals surface area contributed by atoms with E-state index in [4.69, 9.17) is 4.74 Å². The zero-order chi connectivity index (χ0) is 15.1. The number of ether oxygens (including phenoxy) is 1. The maximum Gasteiger partial charge on any atom is 0.0896 e. The second kappa shape index (κ2) is 8.63. The third kappa shape index (κ3) is 5.18. The molecule has 1 unspecified atom stereocenters. The van der Waals surface area contributed by atoms with Gasteiger partial charge in [-0.3, -0.25) is 0 Å². The Morgan fingerprint density at radius 1 is 1.38 bits per heavy atom. The van der Waals surface area contributed by atoms with Crippen molar-refractivity contribution in [1.29, 1.82) is 0 Å². The van der Waals surface area contributed by atoms with Crippen LogP contribution in [0.1, 0.15) is 21.4 Å². The molecular formula is C16H21BrN2OS. The van der Waals surface area contributed by atoms with Gasteiger partial charge in [-0.1, -0.05) is 34.1 Å². The maximum absolute atomic E-state index is 5.09. The van der Waals surface area contributed by atoms with Crippen LogP contribution >= 0.6 is 27.3 Å². The Morgan fingerprint density at radius 3 is 2.86 bits per heavy atom. The van der Waals surface area contributed by atoms with E-state index in [0.29, 0.717) is 5.92 Å². The van der Waals surface area contributed by atoms with Gasteiger partial charge >= 0.3 is 0 Å². The molecule has 0 bridgehead atoms. The Bertz CT molecular complexity index is 559. The van der Waals surface area contributed by atoms with E-state index >= 15 is 0 Å². The predicted octanol–water partition coefficient (Wildman–Crippen LogP) is 3.78. The predicted molar refractivity (Wildman–Crippen MR) is 92.2 cm³/mol. The van der Waals surface area contributed by atoms with Crippen LogP contribution in [-0.4, -0.2) is 31.8 Å². The van der Waals surface area contributed by atoms with E-state index in [0.717, 1.165) is 31.1 Å². The van der Waals surface area contributed by atoms with Gasteiger partial charge in [-0.15, -0.1) is 11.3 Å². The fourth-order valence-electron chi connectivity index (χ4n) is 2.29. The molecule has 0 fully saturated rings. The zero-order valence-corrected chi connectivity index (χ0v) is 14.8. The van der Waals surface area contributed by atoms with Crippen LogP contribution in [0.3, 0.4) is 0 Å². The second-order valence-corrected chi connectivity index (χ2v) is 7.14. The number of aromatic nitrogens is 1. The highest BCUT2D eigenvalue weighted by atomic mass is 79.9. The van der Waals surface area contributed by atoms with Gasteiger partial charge in [0.1, 0.15) is 0 Å². The minimum absolute atomic E-state index is 0.428. The Balaban J connectivity index is 2.08. The van der Waals surface area contributed by atoms with Crippen molar-refractivity contribution in [1.82, 2.24) is 10.3 Å². The summed E-state index contributed by atoms with van der Waals surface area (Å²) in [5.74, 6) is 0.428. The Morgan fingerprint density at radius 2 is 2.19 bits per heavy atom. The lowest BCUT2D eigenvalue weighted by Gasteiger charge is -2.19. The maximum atomic E-state index is 5.09. The SMILES string of the molecule is COCCNCC(Cc1cnc(C)s1)c1ccccc1Br. The van der Waals surface area contributed by atoms with Crippen molar-refractivity contribution in [2.75, 3.05) is 26.8 Å². The van der Waals surface area contributed by atoms with E-state index in [1.807, 2.05) is 6.20 Å². The van der Waals surface area contributed by atoms with Gasteiger partial charge in [0, 0.05) is 41.7 Å². The van der Waals surface area contributed by atoms with Crippen molar-refractivity contribution in [2.24, 2.45) is 0 Å². The molecule has 0 saturated heterocycles. The summed E-state index contributed by atoms with van der Waals surface area (Å²) in [6.45, 7) is 4.60. The van der Waals surface area contributed by atoms with Crippen molar-refractivity contribution in [3.8, 4) is 0 Å². The second-order valence-electron chi connectivity index (χ2n) is 4.97. The summed E-state index contributed by atoms with van der Waals surface area (Å²) in [6, 6.07) is 8.45. The lowest BCUT2D eigenvalue weighted by atomic mass is 9.95. The number of thiazole rings is 1. The van der Waals surface area contributed by atoms with Gasteiger partial charge in [0.2, 0.25) is 0 Å². The molecule has 5 heteroatoms. The molecule has 1 N–H and O–H groups in total. The normalized spacial score (nSPS) is 12.5. The fourth-order valence-corrected chi connectivity index (χ4v) is 3.77. The van der Waals surface area contributed by atoms with Crippen molar-refractivity contribution in [3.63, 3.8) is 0 Å². The van der Waals surface area contributed by atoms with Gasteiger partial charge in [-0.2, -0.15) is 0 Å². The van der Waals surface area contributed by atoms with Crippen LogP contribution < -0.4 is 5.32 Å². The van der Waals surface area contributed by atoms with Crippen LogP contribution in [-0.2, 0) is 11.2 Å². The molecule has 1 atom stereocenters. The topological polar surface area (TPSA) is 34.1 Å². The van der Waals surface area contributed by atoms with Gasteiger partial charge in [0.15, 0.2) is 0 Å². The number of hydrogen-bond acceptors (Lipinski definition) is 4. The van der Waals surface area contributed by atoms with Crippen molar-refractivity contribution in [3.05, 3.63) is 50.4 Å². The van der Waals surface area contributed by atoms with Crippen LogP contribution in [0.4, 0.5) is 0 Å². The Labute approximate surface area is 138 Å². The first-order valence-corrected chi connectivity index (χ1v) is 8.67. The van der Waals surface area contributed by atoms with Gasteiger partial charge < -0.3 is 10.1 Å². The molecule has 0 spiro atoms. The molecule has 2 rings (SSSR count). The van der Waals surface area contributed by atoms with E-state index in [1.54, 1.807) is 18.4 Å². The molecule has 1 aromatic carbocycles. The van der Waals surface area contributed by atoms with Crippen LogP contribution in [0.25, 0.3) is 0 Å². The summed E-state index contributed by atoms with van der Waals surface area (Å²) >= 11 is 5.45. The quantitative estimate of drug-likeness (QED) is 0.720. The van der Waals surface area contributed by atoms with Gasteiger partial charge in [-0.05, 0) is 25.0 Å². The summed E-state index contributed by atoms with van der Waals surface area (Å²) in [7, 11) is 1.73. The zero-order valence-electron chi connectivity index (χ0n) is 12.4. The summed E-state index contributed by atoms with van der Waals surface area (Å²) in [4.78, 5) is 5.70. The van der Waals surface area contributed by atoms with E-state index in [9.17, 15) is 0 Å². The van der Waals surface area contributed by atoms with E-state index in [-0.39, 0.29) is 0 Å². The Hall–Kier alpha value is -0.750. The monoisotopic (exact) mass is 368 g/mol. The standard InChI is InChI=1S/C16H21BrN2OS/c1-12-19-11-14(21-12)9-13(10-18-7-8-20-2)15-5-3-4-6-16(15)17/h3-6,11,13,18H,7-10H2,1-2H3. The highest BCUT2D eigenvalue weighted by Gasteiger charge is 2.16. The number of hydrogen-bond donors (Lipinski definition) is 1. The number of methoxy groups -OCH3 is 1. The number of nitrogens with one attached hydrogen (secondary N) is 1. The Kier molecular flexibility index (Phi) is 6.83. The third-order valence-corrected chi connectivity index (χ3v) is 4.99. The number of aryl methyl sites for hydroxylation is 1. The first-order valence-electron chi connectivity index (χ1n) is 7.06. The number of rotatable bonds is 8. The summed E-state index contributed by atoms with van der Waals surface area (Å²) in [5.41, 5.74) is 1.34. The van der Waals surface area contributed by atoms with Crippen molar-refractivity contribution < 1.29 is 4.74 Å². The van der Waals surface area contributed by atoms with E-state index in [2.05, 4.69) is 57.4 Å². The minimum atomic E-state index is 0.428. The molecule has 1 aromatic heterocycles. The smallest absolute Gasteiger partial charge is 0.0896 e. The molecule has 0 amide bonds. The number of halogens is 1. The molecule has 3 nitrogen and oxygen atoms in total. The lowest BCUT2D eigenvalue weighted by molar-refractivity contribution is 0.199. The largest absolute Gasteiger partial charge is 0.383 e. The molecule has 21 heavy (non-hydrogen) atoms. The number of nitrogens with zero attached hydrogens (tertiary/aromatic N) is 1. The molecule has 0 aliphatic carbocycles. The van der Waals surface area contributed by atoms with E-state index < -0.39 is 0 Å². The molecular weight excluding hydrogens is 348 g/mol. The molecule has 1 heterocycles. The first-order chi connectivity index (χ1) is 10.2. The lowest BCUT2D eigenvalue weighted by Crippen LogP contribution is -2.26. The van der Waals surface area contributed by atoms with Crippen molar-refractivity contribution >= 4 is 27.3 Å². The molecule has 114 valence electrons. The fraction of sp³-hybridized carbons (Fsp3) is 0.438. The highest BCUT2D eigenvalue weighted by molar-refractivity contribution is 9.10. The van der Waals surface area contributed by atoms with Crippen molar-refractivity contribution in [2.45, 2.75) is 19.3 Å². The molecule has 0 saturated carbocycles. The molecule has 2 aromatic rings. The van der Waals surface area contributed by atoms with Crippen LogP contribution in [0.15, 0.2) is 34.9 Å². The van der Waals surface area contributed by atoms with Gasteiger partial charge in [0.25, 0.3) is 0 Å². The summed E-state index contributed by atoms with van der Waals surface area (Å²) < 4.78 is 6.27. The molecule has 0 aliphatic rings. The molecule has 0 radical (unpaired) electrons. The average molecular weight is 369 g/mol. The summed E-state index contributed by atoms with van der Waals surface area (Å²) in [6.07, 6.45) is 3.01. The first kappa shape index (κ1) is 16.6. The highest BCUT2D eigenvalue weighted by Crippen LogP contribution is 2.29. The molecule has 0 aliphatic heterocycles. The third-order valence-electron chi connectivity index (χ3n) is 3.34. The van der Waals surface area contributed by atoms with Crippen LogP contribution in [0.2, 0.25) is 0 Å². The minimum Gasteiger partial charge on any atom is -0.383 e. The summed E-state index contributed by atoms with van der Waals surface area (Å²) in [5, 5.41) is 4.61. The van der Waals surface area contributed by atoms with Crippen LogP contribution in [0, 0.1) is 6.92 Å². The van der Waals surface area contributed by atoms with Gasteiger partial charge in [-0.25, -0.2) is 4.98 Å². The van der Waals surface area contributed by atoms with Gasteiger partial charge in [0.05, 0.1) is 11.6 Å². The van der Waals surface area contributed by atoms with Crippen LogP contribution in [0.5, 0.6) is 0 Å². The van der Waals surface area contributed by atoms with E-state index in [1.165, 1.54) is 14.9 Å². The number of benzene rings is 1.